The molecule has 1 atom stereocenters. The van der Waals surface area contributed by atoms with Crippen LogP contribution in [0.5, 0.6) is 0 Å². The molecule has 40 heavy (non-hydrogen) atoms. The highest BCUT2D eigenvalue weighted by Gasteiger charge is 2.32. The zero-order valence-corrected chi connectivity index (χ0v) is 22.8. The van der Waals surface area contributed by atoms with Gasteiger partial charge in [-0.05, 0) is 43.5 Å². The number of halogens is 4. The fourth-order valence-corrected chi connectivity index (χ4v) is 5.29. The summed E-state index contributed by atoms with van der Waals surface area (Å²) in [5, 5.41) is 10.2. The first-order valence-electron chi connectivity index (χ1n) is 13.0. The number of piperazine rings is 1. The summed E-state index contributed by atoms with van der Waals surface area (Å²) in [6, 6.07) is 2.75. The minimum Gasteiger partial charge on any atom is -0.377 e. The van der Waals surface area contributed by atoms with E-state index >= 15 is 0 Å². The van der Waals surface area contributed by atoms with Crippen LogP contribution in [0.25, 0.3) is 11.4 Å². The molecular weight excluding hydrogens is 551 g/mol. The molecule has 2 aromatic heterocycles. The summed E-state index contributed by atoms with van der Waals surface area (Å²) in [4.78, 5) is 33.8. The summed E-state index contributed by atoms with van der Waals surface area (Å²) >= 11 is 6.07. The molecule has 10 nitrogen and oxygen atoms in total. The van der Waals surface area contributed by atoms with E-state index in [0.29, 0.717) is 62.9 Å². The molecule has 0 unspecified atom stereocenters. The van der Waals surface area contributed by atoms with E-state index in [-0.39, 0.29) is 34.6 Å². The second kappa shape index (κ2) is 11.2. The molecule has 214 valence electrons. The molecule has 3 aromatic rings. The Bertz CT molecular complexity index is 1530. The number of ether oxygens (including phenoxy) is 1. The monoisotopic (exact) mass is 579 g/mol. The van der Waals surface area contributed by atoms with Crippen molar-refractivity contribution in [3.8, 4) is 0 Å². The summed E-state index contributed by atoms with van der Waals surface area (Å²) in [5.41, 5.74) is 0.701. The number of fused-ring (bicyclic) bond motifs is 1. The van der Waals surface area contributed by atoms with E-state index in [4.69, 9.17) is 16.3 Å². The van der Waals surface area contributed by atoms with Crippen LogP contribution in [0.3, 0.4) is 0 Å². The van der Waals surface area contributed by atoms with Gasteiger partial charge < -0.3 is 24.8 Å². The van der Waals surface area contributed by atoms with Crippen molar-refractivity contribution in [2.45, 2.75) is 45.5 Å². The normalized spacial score (nSPS) is 18.2. The maximum atomic E-state index is 13.9. The molecule has 1 fully saturated rings. The summed E-state index contributed by atoms with van der Waals surface area (Å²) in [7, 11) is 0. The van der Waals surface area contributed by atoms with Crippen molar-refractivity contribution in [1.82, 2.24) is 24.5 Å². The molecule has 5 rings (SSSR count). The maximum absolute atomic E-state index is 13.9. The number of hydrogen-bond acceptors (Lipinski definition) is 7. The summed E-state index contributed by atoms with van der Waals surface area (Å²) in [6.07, 6.45) is -1.69. The number of anilines is 2. The number of alkyl halides is 3. The van der Waals surface area contributed by atoms with Gasteiger partial charge in [-0.3, -0.25) is 9.59 Å². The van der Waals surface area contributed by atoms with E-state index in [9.17, 15) is 22.8 Å². The van der Waals surface area contributed by atoms with Crippen LogP contribution in [0.1, 0.15) is 37.4 Å². The van der Waals surface area contributed by atoms with Crippen LogP contribution in [-0.2, 0) is 28.7 Å². The third-order valence-electron chi connectivity index (χ3n) is 7.07. The van der Waals surface area contributed by atoms with Crippen LogP contribution in [0.2, 0.25) is 5.02 Å². The molecule has 2 aliphatic heterocycles. The molecule has 0 radical (unpaired) electrons. The average Bonchev–Trinajstić information content (AvgIpc) is 3.38. The van der Waals surface area contributed by atoms with Crippen LogP contribution in [0.15, 0.2) is 29.1 Å². The highest BCUT2D eigenvalue weighted by atomic mass is 35.5. The molecular formula is C26H29ClF3N7O3. The molecule has 2 N–H and O–H groups in total. The second-order valence-corrected chi connectivity index (χ2v) is 10.1. The lowest BCUT2D eigenvalue weighted by molar-refractivity contribution is -0.137. The van der Waals surface area contributed by atoms with Gasteiger partial charge in [-0.15, -0.1) is 5.10 Å². The van der Waals surface area contributed by atoms with E-state index < -0.39 is 17.6 Å². The van der Waals surface area contributed by atoms with Gasteiger partial charge in [-0.25, -0.2) is 0 Å². The Morgan fingerprint density at radius 1 is 1.32 bits per heavy atom. The van der Waals surface area contributed by atoms with Crippen molar-refractivity contribution in [2.24, 2.45) is 0 Å². The highest BCUT2D eigenvalue weighted by molar-refractivity contribution is 6.33. The number of rotatable bonds is 6. The molecule has 0 saturated carbocycles. The molecule has 0 aliphatic carbocycles. The summed E-state index contributed by atoms with van der Waals surface area (Å²) in [6.45, 7) is 6.52. The number of benzene rings is 1. The van der Waals surface area contributed by atoms with Crippen molar-refractivity contribution < 1.29 is 22.7 Å². The first-order chi connectivity index (χ1) is 19.1. The van der Waals surface area contributed by atoms with E-state index in [2.05, 4.69) is 20.7 Å². The third-order valence-corrected chi connectivity index (χ3v) is 7.38. The Balaban J connectivity index is 1.58. The van der Waals surface area contributed by atoms with Crippen LogP contribution in [0, 0.1) is 0 Å². The first-order valence-corrected chi connectivity index (χ1v) is 13.4. The lowest BCUT2D eigenvalue weighted by Crippen LogP contribution is -2.52. The number of carbonyl (C=O) groups is 1. The predicted molar refractivity (Wildman–Crippen MR) is 145 cm³/mol. The van der Waals surface area contributed by atoms with Gasteiger partial charge >= 0.3 is 6.18 Å². The van der Waals surface area contributed by atoms with E-state index in [0.717, 1.165) is 23.8 Å². The number of hydrogen-bond donors (Lipinski definition) is 2. The van der Waals surface area contributed by atoms with Crippen LogP contribution in [0.4, 0.5) is 24.5 Å². The van der Waals surface area contributed by atoms with Crippen molar-refractivity contribution in [2.75, 3.05) is 43.1 Å². The van der Waals surface area contributed by atoms with Gasteiger partial charge in [0, 0.05) is 25.7 Å². The fourth-order valence-electron chi connectivity index (χ4n) is 5.07. The SMILES string of the molecule is CCc1c(N2CCNC[C@H]2C)c(=O)n2nc(C3=CCOCC3)nc2n1CC(=O)Nc1ccc(C(F)(F)F)cc1Cl. The highest BCUT2D eigenvalue weighted by Crippen LogP contribution is 2.34. The van der Waals surface area contributed by atoms with Crippen LogP contribution < -0.4 is 21.1 Å². The molecule has 0 spiro atoms. The smallest absolute Gasteiger partial charge is 0.377 e. The molecule has 4 heterocycles. The molecule has 2 aliphatic rings. The van der Waals surface area contributed by atoms with Gasteiger partial charge in [-0.1, -0.05) is 24.6 Å². The Labute approximate surface area is 232 Å². The Kier molecular flexibility index (Phi) is 7.89. The van der Waals surface area contributed by atoms with Gasteiger partial charge in [-0.2, -0.15) is 22.7 Å². The van der Waals surface area contributed by atoms with Crippen molar-refractivity contribution in [1.29, 1.82) is 0 Å². The molecule has 1 aromatic carbocycles. The third kappa shape index (κ3) is 5.45. The lowest BCUT2D eigenvalue weighted by atomic mass is 10.1. The minimum absolute atomic E-state index is 0.0126. The molecule has 14 heteroatoms. The summed E-state index contributed by atoms with van der Waals surface area (Å²) < 4.78 is 47.4. The van der Waals surface area contributed by atoms with Gasteiger partial charge in [0.1, 0.15) is 12.2 Å². The number of nitrogens with one attached hydrogen (secondary N) is 2. The predicted octanol–water partition coefficient (Wildman–Crippen LogP) is 3.37. The van der Waals surface area contributed by atoms with Gasteiger partial charge in [0.05, 0.1) is 35.2 Å². The standard InChI is InChI=1S/C26H29ClF3N7O3/c1-3-20-22(35-9-8-31-13-15(35)2)24(39)37-25(33-23(34-37)16-6-10-40-11-7-16)36(20)14-21(38)32-19-5-4-17(12-18(19)27)26(28,29)30/h4-6,12,15,31H,3,7-11,13-14H2,1-2H3,(H,32,38)/t15-/m1/s1. The number of nitrogens with zero attached hydrogens (tertiary/aromatic N) is 5. The summed E-state index contributed by atoms with van der Waals surface area (Å²) in [5.74, 6) is 0.0356. The maximum Gasteiger partial charge on any atom is 0.416 e. The van der Waals surface area contributed by atoms with E-state index in [1.165, 1.54) is 4.52 Å². The zero-order valence-electron chi connectivity index (χ0n) is 22.0. The first kappa shape index (κ1) is 28.1. The van der Waals surface area contributed by atoms with Gasteiger partial charge in [0.15, 0.2) is 5.82 Å². The zero-order chi connectivity index (χ0) is 28.6. The fraction of sp³-hybridized carbons (Fsp3) is 0.462. The molecule has 1 amide bonds. The second-order valence-electron chi connectivity index (χ2n) is 9.73. The Morgan fingerprint density at radius 2 is 2.12 bits per heavy atom. The largest absolute Gasteiger partial charge is 0.416 e. The van der Waals surface area contributed by atoms with Crippen LogP contribution in [-0.4, -0.2) is 64.0 Å². The average molecular weight is 580 g/mol. The van der Waals surface area contributed by atoms with E-state index in [1.54, 1.807) is 4.57 Å². The quantitative estimate of drug-likeness (QED) is 0.461. The Hall–Kier alpha value is -3.42. The van der Waals surface area contributed by atoms with Crippen molar-refractivity contribution in [3.63, 3.8) is 0 Å². The number of aromatic nitrogens is 4. The van der Waals surface area contributed by atoms with Crippen LogP contribution >= 0.6 is 11.6 Å². The van der Waals surface area contributed by atoms with Gasteiger partial charge in [0.25, 0.3) is 5.56 Å². The minimum atomic E-state index is -4.56. The van der Waals surface area contributed by atoms with Gasteiger partial charge in [0.2, 0.25) is 11.7 Å². The topological polar surface area (TPSA) is 106 Å². The Morgan fingerprint density at radius 3 is 2.77 bits per heavy atom. The molecule has 1 saturated heterocycles. The number of amides is 1. The van der Waals surface area contributed by atoms with Crippen molar-refractivity contribution in [3.05, 3.63) is 56.7 Å². The number of carbonyl (C=O) groups excluding carboxylic acids is 1. The lowest BCUT2D eigenvalue weighted by Gasteiger charge is -2.36. The molecule has 0 bridgehead atoms. The van der Waals surface area contributed by atoms with Crippen molar-refractivity contribution >= 4 is 40.2 Å². The van der Waals surface area contributed by atoms with E-state index in [1.807, 2.05) is 24.8 Å².